The maximum Gasteiger partial charge on any atom is 0.435 e. The molecule has 0 radical (unpaired) electrons. The molecule has 1 aliphatic rings. The van der Waals surface area contributed by atoms with Gasteiger partial charge in [-0.15, -0.1) is 0 Å². The van der Waals surface area contributed by atoms with E-state index in [9.17, 15) is 22.4 Å². The van der Waals surface area contributed by atoms with Crippen molar-refractivity contribution < 1.29 is 32.0 Å². The summed E-state index contributed by atoms with van der Waals surface area (Å²) in [5.74, 6) is -1.33. The van der Waals surface area contributed by atoms with Gasteiger partial charge in [-0.2, -0.15) is 13.2 Å². The number of rotatable bonds is 6. The highest BCUT2D eigenvalue weighted by atomic mass is 35.5. The third kappa shape index (κ3) is 4.66. The van der Waals surface area contributed by atoms with Gasteiger partial charge in [0.1, 0.15) is 12.9 Å². The van der Waals surface area contributed by atoms with E-state index in [-0.39, 0.29) is 17.3 Å². The number of hydrogen-bond acceptors (Lipinski definition) is 5. The molecule has 0 saturated heterocycles. The molecule has 0 fully saturated rings. The molecule has 3 aromatic carbocycles. The second kappa shape index (κ2) is 9.53. The summed E-state index contributed by atoms with van der Waals surface area (Å²) >= 11 is 5.82. The summed E-state index contributed by atoms with van der Waals surface area (Å²) in [7, 11) is 1.37. The zero-order valence-electron chi connectivity index (χ0n) is 18.2. The van der Waals surface area contributed by atoms with Gasteiger partial charge < -0.3 is 15.0 Å². The average molecular weight is 508 g/mol. The SMILES string of the molecule is CO/N=C/CNC(=O)c1ccc(C2=NOC(c3cc(F)cc(Cl)c3)(C(F)(F)F)C2)c2ccccc12. The molecule has 1 amide bonds. The third-order valence-electron chi connectivity index (χ3n) is 5.53. The van der Waals surface area contributed by atoms with E-state index < -0.39 is 35.5 Å². The molecular formula is C24H18ClF4N3O3. The number of fused-ring (bicyclic) bond motifs is 1. The van der Waals surface area contributed by atoms with Crippen molar-refractivity contribution in [3.8, 4) is 0 Å². The Balaban J connectivity index is 1.73. The van der Waals surface area contributed by atoms with Crippen LogP contribution in [0.4, 0.5) is 17.6 Å². The van der Waals surface area contributed by atoms with Crippen LogP contribution in [0.15, 0.2) is 64.9 Å². The third-order valence-corrected chi connectivity index (χ3v) is 5.75. The molecule has 0 bridgehead atoms. The molecule has 1 N–H and O–H groups in total. The van der Waals surface area contributed by atoms with Crippen LogP contribution >= 0.6 is 11.6 Å². The van der Waals surface area contributed by atoms with Crippen LogP contribution in [0.1, 0.15) is 27.9 Å². The maximum atomic E-state index is 14.3. The predicted octanol–water partition coefficient (Wildman–Crippen LogP) is 5.58. The van der Waals surface area contributed by atoms with Crippen molar-refractivity contribution in [2.45, 2.75) is 18.2 Å². The minimum absolute atomic E-state index is 0.00176. The van der Waals surface area contributed by atoms with Crippen molar-refractivity contribution in [3.05, 3.63) is 82.1 Å². The van der Waals surface area contributed by atoms with Crippen LogP contribution in [0, 0.1) is 5.82 Å². The monoisotopic (exact) mass is 507 g/mol. The topological polar surface area (TPSA) is 72.3 Å². The van der Waals surface area contributed by atoms with Gasteiger partial charge in [-0.25, -0.2) is 4.39 Å². The van der Waals surface area contributed by atoms with Crippen molar-refractivity contribution in [3.63, 3.8) is 0 Å². The lowest BCUT2D eigenvalue weighted by molar-refractivity contribution is -0.275. The smallest absolute Gasteiger partial charge is 0.399 e. The Hall–Kier alpha value is -3.66. The minimum Gasteiger partial charge on any atom is -0.399 e. The van der Waals surface area contributed by atoms with Crippen molar-refractivity contribution in [2.24, 2.45) is 10.3 Å². The first-order valence-corrected chi connectivity index (χ1v) is 10.7. The number of oxime groups is 2. The van der Waals surface area contributed by atoms with Crippen molar-refractivity contribution in [1.82, 2.24) is 5.32 Å². The molecule has 1 unspecified atom stereocenters. The van der Waals surface area contributed by atoms with E-state index in [2.05, 4.69) is 20.5 Å². The standard InChI is InChI=1S/C24H18ClF4N3O3/c1-34-31-9-8-30-22(33)20-7-6-19(17-4-2-3-5-18(17)20)21-13-23(35-32-21,24(27,28)29)14-10-15(25)12-16(26)11-14/h2-7,9-12H,8,13H2,1H3,(H,30,33)/b31-9+. The summed E-state index contributed by atoms with van der Waals surface area (Å²) < 4.78 is 56.7. The van der Waals surface area contributed by atoms with E-state index in [0.717, 1.165) is 18.2 Å². The number of amides is 1. The summed E-state index contributed by atoms with van der Waals surface area (Å²) in [6.07, 6.45) is -4.26. The number of nitrogens with one attached hydrogen (secondary N) is 1. The lowest BCUT2D eigenvalue weighted by Crippen LogP contribution is -2.42. The molecule has 0 aromatic heterocycles. The van der Waals surface area contributed by atoms with Gasteiger partial charge in [0.25, 0.3) is 11.5 Å². The fraction of sp³-hybridized carbons (Fsp3) is 0.208. The number of hydrogen-bond donors (Lipinski definition) is 1. The van der Waals surface area contributed by atoms with E-state index in [1.54, 1.807) is 24.3 Å². The maximum absolute atomic E-state index is 14.3. The average Bonchev–Trinajstić information content (AvgIpc) is 3.27. The number of alkyl halides is 3. The molecule has 1 atom stereocenters. The predicted molar refractivity (Wildman–Crippen MR) is 123 cm³/mol. The van der Waals surface area contributed by atoms with Gasteiger partial charge in [0.05, 0.1) is 18.5 Å². The van der Waals surface area contributed by atoms with Gasteiger partial charge in [-0.05, 0) is 35.0 Å². The van der Waals surface area contributed by atoms with E-state index >= 15 is 0 Å². The fourth-order valence-corrected chi connectivity index (χ4v) is 4.15. The molecular weight excluding hydrogens is 490 g/mol. The normalized spacial score (nSPS) is 17.9. The highest BCUT2D eigenvalue weighted by Crippen LogP contribution is 2.49. The Kier molecular flexibility index (Phi) is 6.66. The molecule has 35 heavy (non-hydrogen) atoms. The van der Waals surface area contributed by atoms with Crippen LogP contribution in [0.25, 0.3) is 10.8 Å². The lowest BCUT2D eigenvalue weighted by atomic mass is 9.85. The van der Waals surface area contributed by atoms with E-state index in [4.69, 9.17) is 16.4 Å². The summed E-state index contributed by atoms with van der Waals surface area (Å²) in [5.41, 5.74) is -2.74. The second-order valence-electron chi connectivity index (χ2n) is 7.68. The van der Waals surface area contributed by atoms with E-state index in [0.29, 0.717) is 21.9 Å². The summed E-state index contributed by atoms with van der Waals surface area (Å²) in [4.78, 5) is 22.2. The first-order valence-electron chi connectivity index (χ1n) is 10.3. The van der Waals surface area contributed by atoms with Crippen LogP contribution in [-0.2, 0) is 15.3 Å². The van der Waals surface area contributed by atoms with Crippen molar-refractivity contribution in [1.29, 1.82) is 0 Å². The molecule has 182 valence electrons. The molecule has 0 saturated carbocycles. The summed E-state index contributed by atoms with van der Waals surface area (Å²) in [6, 6.07) is 12.4. The lowest BCUT2D eigenvalue weighted by Gasteiger charge is -2.29. The van der Waals surface area contributed by atoms with Gasteiger partial charge in [-0.3, -0.25) is 4.79 Å². The molecule has 11 heteroatoms. The number of nitrogens with zero attached hydrogens (tertiary/aromatic N) is 2. The van der Waals surface area contributed by atoms with Crippen LogP contribution in [-0.4, -0.2) is 37.7 Å². The molecule has 6 nitrogen and oxygen atoms in total. The quantitative estimate of drug-likeness (QED) is 0.269. The fourth-order valence-electron chi connectivity index (χ4n) is 3.93. The van der Waals surface area contributed by atoms with Crippen LogP contribution in [0.3, 0.4) is 0 Å². The van der Waals surface area contributed by atoms with Crippen molar-refractivity contribution >= 4 is 40.2 Å². The Labute approximate surface area is 202 Å². The van der Waals surface area contributed by atoms with Crippen LogP contribution in [0.2, 0.25) is 5.02 Å². The first kappa shape index (κ1) is 24.5. The Morgan fingerprint density at radius 3 is 2.66 bits per heavy atom. The highest BCUT2D eigenvalue weighted by Gasteiger charge is 2.62. The van der Waals surface area contributed by atoms with Gasteiger partial charge in [-0.1, -0.05) is 52.2 Å². The van der Waals surface area contributed by atoms with E-state index in [1.165, 1.54) is 25.5 Å². The van der Waals surface area contributed by atoms with Gasteiger partial charge in [0.15, 0.2) is 0 Å². The molecule has 0 aliphatic carbocycles. The molecule has 0 spiro atoms. The Bertz CT molecular complexity index is 1320. The molecule has 4 rings (SSSR count). The zero-order valence-corrected chi connectivity index (χ0v) is 19.0. The first-order chi connectivity index (χ1) is 16.7. The number of halogens is 5. The number of carbonyl (C=O) groups excluding carboxylic acids is 1. The molecule has 1 heterocycles. The Morgan fingerprint density at radius 1 is 1.23 bits per heavy atom. The van der Waals surface area contributed by atoms with Gasteiger partial charge >= 0.3 is 6.18 Å². The van der Waals surface area contributed by atoms with Gasteiger partial charge in [0, 0.05) is 28.1 Å². The molecule has 1 aliphatic heterocycles. The van der Waals surface area contributed by atoms with Crippen LogP contribution in [0.5, 0.6) is 0 Å². The largest absolute Gasteiger partial charge is 0.435 e. The number of benzene rings is 3. The summed E-state index contributed by atoms with van der Waals surface area (Å²) in [5, 5.41) is 10.8. The van der Waals surface area contributed by atoms with E-state index in [1.807, 2.05) is 0 Å². The van der Waals surface area contributed by atoms with Gasteiger partial charge in [0.2, 0.25) is 0 Å². The Morgan fingerprint density at radius 2 is 1.97 bits per heavy atom. The number of carbonyl (C=O) groups is 1. The zero-order chi connectivity index (χ0) is 25.2. The second-order valence-corrected chi connectivity index (χ2v) is 8.11. The van der Waals surface area contributed by atoms with Crippen LogP contribution < -0.4 is 5.32 Å². The summed E-state index contributed by atoms with van der Waals surface area (Å²) in [6.45, 7) is 0.119. The minimum atomic E-state index is -4.92. The van der Waals surface area contributed by atoms with Crippen molar-refractivity contribution in [2.75, 3.05) is 13.7 Å². The molecule has 3 aromatic rings. The highest BCUT2D eigenvalue weighted by molar-refractivity contribution is 6.30.